The summed E-state index contributed by atoms with van der Waals surface area (Å²) in [4.78, 5) is 15.9. The topological polar surface area (TPSA) is 54.9 Å². The third-order valence-corrected chi connectivity index (χ3v) is 3.49. The third-order valence-electron chi connectivity index (χ3n) is 2.12. The van der Waals surface area contributed by atoms with Crippen molar-refractivity contribution in [3.63, 3.8) is 0 Å². The highest BCUT2D eigenvalue weighted by atomic mass is 79.9. The number of halogens is 1. The number of hydrogen-bond acceptors (Lipinski definition) is 4. The predicted molar refractivity (Wildman–Crippen MR) is 71.7 cm³/mol. The zero-order chi connectivity index (χ0) is 12.3. The maximum atomic E-state index is 11.8. The van der Waals surface area contributed by atoms with Gasteiger partial charge < -0.3 is 0 Å². The molecule has 1 aromatic carbocycles. The Balaban J connectivity index is 2.09. The second kappa shape index (κ2) is 5.37. The molecule has 2 aromatic rings. The monoisotopic (exact) mass is 311 g/mol. The molecule has 88 valence electrons. The van der Waals surface area contributed by atoms with Crippen LogP contribution in [0.1, 0.15) is 21.7 Å². The van der Waals surface area contributed by atoms with Gasteiger partial charge in [0.05, 0.1) is 0 Å². The molecule has 0 atom stereocenters. The van der Waals surface area contributed by atoms with E-state index in [0.29, 0.717) is 16.5 Å². The number of amides is 1. The van der Waals surface area contributed by atoms with Gasteiger partial charge in [-0.1, -0.05) is 28.1 Å². The van der Waals surface area contributed by atoms with Crippen LogP contribution in [0.2, 0.25) is 0 Å². The molecular formula is C11H10BrN3OS. The van der Waals surface area contributed by atoms with Crippen molar-refractivity contribution in [3.05, 3.63) is 41.2 Å². The van der Waals surface area contributed by atoms with Crippen molar-refractivity contribution in [1.29, 1.82) is 0 Å². The van der Waals surface area contributed by atoms with Gasteiger partial charge >= 0.3 is 0 Å². The van der Waals surface area contributed by atoms with E-state index >= 15 is 0 Å². The Hall–Kier alpha value is -1.27. The van der Waals surface area contributed by atoms with Crippen LogP contribution in [0.15, 0.2) is 24.3 Å². The number of aromatic nitrogens is 2. The highest BCUT2D eigenvalue weighted by molar-refractivity contribution is 9.08. The Morgan fingerprint density at radius 3 is 2.65 bits per heavy atom. The van der Waals surface area contributed by atoms with Gasteiger partial charge in [-0.3, -0.25) is 10.1 Å². The van der Waals surface area contributed by atoms with E-state index in [1.54, 1.807) is 19.1 Å². The minimum Gasteiger partial charge on any atom is -0.297 e. The standard InChI is InChI=1S/C11H10BrN3OS/c1-7-13-11(17-15-7)14-10(16)9-4-2-8(6-12)3-5-9/h2-5H,6H2,1H3,(H,13,14,15,16). The first kappa shape index (κ1) is 12.2. The summed E-state index contributed by atoms with van der Waals surface area (Å²) in [7, 11) is 0. The van der Waals surface area contributed by atoms with Gasteiger partial charge in [-0.2, -0.15) is 4.37 Å². The summed E-state index contributed by atoms with van der Waals surface area (Å²) in [6.07, 6.45) is 0. The molecule has 1 heterocycles. The highest BCUT2D eigenvalue weighted by Crippen LogP contribution is 2.13. The summed E-state index contributed by atoms with van der Waals surface area (Å²) in [6, 6.07) is 7.41. The first-order chi connectivity index (χ1) is 8.19. The van der Waals surface area contributed by atoms with Crippen molar-refractivity contribution in [2.75, 3.05) is 5.32 Å². The maximum Gasteiger partial charge on any atom is 0.257 e. The number of rotatable bonds is 3. The lowest BCUT2D eigenvalue weighted by molar-refractivity contribution is 0.102. The summed E-state index contributed by atoms with van der Waals surface area (Å²) < 4.78 is 4.00. The fourth-order valence-electron chi connectivity index (χ4n) is 1.26. The Kier molecular flexibility index (Phi) is 3.86. The van der Waals surface area contributed by atoms with Gasteiger partial charge in [0.15, 0.2) is 0 Å². The molecule has 0 fully saturated rings. The van der Waals surface area contributed by atoms with Crippen molar-refractivity contribution in [2.45, 2.75) is 12.3 Å². The maximum absolute atomic E-state index is 11.8. The molecule has 0 saturated heterocycles. The van der Waals surface area contributed by atoms with E-state index in [0.717, 1.165) is 10.9 Å². The summed E-state index contributed by atoms with van der Waals surface area (Å²) in [5.74, 6) is 0.502. The van der Waals surface area contributed by atoms with Crippen LogP contribution in [0.3, 0.4) is 0 Å². The molecule has 4 nitrogen and oxygen atoms in total. The smallest absolute Gasteiger partial charge is 0.257 e. The van der Waals surface area contributed by atoms with Crippen LogP contribution in [0.4, 0.5) is 5.13 Å². The van der Waals surface area contributed by atoms with Crippen molar-refractivity contribution in [3.8, 4) is 0 Å². The first-order valence-electron chi connectivity index (χ1n) is 4.95. The molecule has 0 bridgehead atoms. The Labute approximate surface area is 111 Å². The average molecular weight is 312 g/mol. The first-order valence-corrected chi connectivity index (χ1v) is 6.85. The number of carbonyl (C=O) groups excluding carboxylic acids is 1. The number of anilines is 1. The molecule has 0 radical (unpaired) electrons. The molecule has 6 heteroatoms. The SMILES string of the molecule is Cc1nsc(NC(=O)c2ccc(CBr)cc2)n1. The average Bonchev–Trinajstić information content (AvgIpc) is 2.75. The van der Waals surface area contributed by atoms with Crippen molar-refractivity contribution >= 4 is 38.5 Å². The number of alkyl halides is 1. The van der Waals surface area contributed by atoms with Gasteiger partial charge in [0.2, 0.25) is 5.13 Å². The second-order valence-electron chi connectivity index (χ2n) is 3.43. The number of nitrogens with one attached hydrogen (secondary N) is 1. The lowest BCUT2D eigenvalue weighted by Gasteiger charge is -2.01. The zero-order valence-corrected chi connectivity index (χ0v) is 11.5. The van der Waals surface area contributed by atoms with Gasteiger partial charge in [0, 0.05) is 22.4 Å². The van der Waals surface area contributed by atoms with Crippen molar-refractivity contribution < 1.29 is 4.79 Å². The van der Waals surface area contributed by atoms with Crippen LogP contribution < -0.4 is 5.32 Å². The lowest BCUT2D eigenvalue weighted by atomic mass is 10.1. The van der Waals surface area contributed by atoms with E-state index in [1.807, 2.05) is 12.1 Å². The molecular weight excluding hydrogens is 302 g/mol. The number of nitrogens with zero attached hydrogens (tertiary/aromatic N) is 2. The molecule has 2 rings (SSSR count). The minimum absolute atomic E-state index is 0.165. The quantitative estimate of drug-likeness (QED) is 0.887. The minimum atomic E-state index is -0.165. The Morgan fingerprint density at radius 2 is 2.12 bits per heavy atom. The summed E-state index contributed by atoms with van der Waals surface area (Å²) in [5, 5.41) is 4.02. The summed E-state index contributed by atoms with van der Waals surface area (Å²) in [5.41, 5.74) is 1.75. The van der Waals surface area contributed by atoms with Crippen molar-refractivity contribution in [1.82, 2.24) is 9.36 Å². The molecule has 17 heavy (non-hydrogen) atoms. The molecule has 1 aromatic heterocycles. The predicted octanol–water partition coefficient (Wildman–Crippen LogP) is 2.99. The fourth-order valence-corrected chi connectivity index (χ4v) is 2.21. The van der Waals surface area contributed by atoms with E-state index in [9.17, 15) is 4.79 Å². The van der Waals surface area contributed by atoms with E-state index in [2.05, 4.69) is 30.6 Å². The second-order valence-corrected chi connectivity index (χ2v) is 4.74. The van der Waals surface area contributed by atoms with E-state index < -0.39 is 0 Å². The third kappa shape index (κ3) is 3.10. The molecule has 0 aliphatic heterocycles. The van der Waals surface area contributed by atoms with Crippen LogP contribution >= 0.6 is 27.5 Å². The number of benzene rings is 1. The van der Waals surface area contributed by atoms with Crippen LogP contribution in [0.25, 0.3) is 0 Å². The van der Waals surface area contributed by atoms with Gasteiger partial charge in [-0.25, -0.2) is 4.98 Å². The highest BCUT2D eigenvalue weighted by Gasteiger charge is 2.08. The van der Waals surface area contributed by atoms with E-state index in [-0.39, 0.29) is 5.91 Å². The Morgan fingerprint density at radius 1 is 1.41 bits per heavy atom. The molecule has 1 amide bonds. The molecule has 0 saturated carbocycles. The van der Waals surface area contributed by atoms with Crippen LogP contribution in [0.5, 0.6) is 0 Å². The van der Waals surface area contributed by atoms with Gasteiger partial charge in [0.1, 0.15) is 5.82 Å². The number of carbonyl (C=O) groups is 1. The van der Waals surface area contributed by atoms with Gasteiger partial charge in [-0.15, -0.1) is 0 Å². The molecule has 0 spiro atoms. The van der Waals surface area contributed by atoms with Crippen LogP contribution in [-0.2, 0) is 5.33 Å². The Bertz CT molecular complexity index is 524. The van der Waals surface area contributed by atoms with Gasteiger partial charge in [0.25, 0.3) is 5.91 Å². The molecule has 0 aliphatic carbocycles. The zero-order valence-electron chi connectivity index (χ0n) is 9.11. The van der Waals surface area contributed by atoms with Crippen molar-refractivity contribution in [2.24, 2.45) is 0 Å². The number of aryl methyl sites for hydroxylation is 1. The summed E-state index contributed by atoms with van der Waals surface area (Å²) >= 11 is 4.54. The largest absolute Gasteiger partial charge is 0.297 e. The normalized spacial score (nSPS) is 10.2. The van der Waals surface area contributed by atoms with Gasteiger partial charge in [-0.05, 0) is 24.6 Å². The fraction of sp³-hybridized carbons (Fsp3) is 0.182. The van der Waals surface area contributed by atoms with E-state index in [1.165, 1.54) is 11.5 Å². The van der Waals surface area contributed by atoms with E-state index in [4.69, 9.17) is 0 Å². The van der Waals surface area contributed by atoms with Crippen LogP contribution in [-0.4, -0.2) is 15.3 Å². The number of hydrogen-bond donors (Lipinski definition) is 1. The molecule has 0 unspecified atom stereocenters. The van der Waals surface area contributed by atoms with Crippen LogP contribution in [0, 0.1) is 6.92 Å². The molecule has 0 aliphatic rings. The lowest BCUT2D eigenvalue weighted by Crippen LogP contribution is -2.11. The summed E-state index contributed by atoms with van der Waals surface area (Å²) in [6.45, 7) is 1.79. The molecule has 1 N–H and O–H groups in total.